The molecule has 0 aromatic heterocycles. The van der Waals surface area contributed by atoms with Gasteiger partial charge in [-0.1, -0.05) is 28.8 Å². The van der Waals surface area contributed by atoms with E-state index in [4.69, 9.17) is 0 Å². The Balaban J connectivity index is 1.98. The summed E-state index contributed by atoms with van der Waals surface area (Å²) in [6.07, 6.45) is 5.67. The fourth-order valence-corrected chi connectivity index (χ4v) is 3.86. The van der Waals surface area contributed by atoms with Crippen LogP contribution in [0.4, 0.5) is 5.69 Å². The summed E-state index contributed by atoms with van der Waals surface area (Å²) in [4.78, 5) is 12.0. The molecule has 0 bridgehead atoms. The second-order valence-corrected chi connectivity index (χ2v) is 8.43. The van der Waals surface area contributed by atoms with E-state index in [2.05, 4.69) is 21.2 Å². The molecule has 0 spiro atoms. The van der Waals surface area contributed by atoms with E-state index in [0.717, 1.165) is 36.4 Å². The highest BCUT2D eigenvalue weighted by atomic mass is 79.9. The summed E-state index contributed by atoms with van der Waals surface area (Å²) in [6.45, 7) is 0.152. The van der Waals surface area contributed by atoms with Gasteiger partial charge in [0.25, 0.3) is 0 Å². The fourth-order valence-electron chi connectivity index (χ4n) is 2.67. The summed E-state index contributed by atoms with van der Waals surface area (Å²) in [6, 6.07) is 7.27. The maximum atomic E-state index is 12.0. The van der Waals surface area contributed by atoms with E-state index in [1.165, 1.54) is 4.31 Å². The first kappa shape index (κ1) is 17.3. The van der Waals surface area contributed by atoms with Gasteiger partial charge in [0.15, 0.2) is 0 Å². The first-order valence-corrected chi connectivity index (χ1v) is 10.0. The van der Waals surface area contributed by atoms with Crippen molar-refractivity contribution in [1.29, 1.82) is 0 Å². The lowest BCUT2D eigenvalue weighted by Crippen LogP contribution is -2.37. The summed E-state index contributed by atoms with van der Waals surface area (Å²) >= 11 is 3.32. The second-order valence-electron chi connectivity index (χ2n) is 5.61. The normalized spacial score (nSPS) is 15.7. The molecule has 0 saturated heterocycles. The molecule has 1 aliphatic carbocycles. The Kier molecular flexibility index (Phi) is 5.86. The van der Waals surface area contributed by atoms with Crippen LogP contribution in [0.2, 0.25) is 0 Å². The number of rotatable bonds is 6. The molecule has 7 heteroatoms. The number of sulfonamides is 1. The van der Waals surface area contributed by atoms with E-state index in [9.17, 15) is 13.2 Å². The Hall–Kier alpha value is -1.08. The number of carbonyl (C=O) groups excluding carboxylic acids is 1. The summed E-state index contributed by atoms with van der Waals surface area (Å²) in [5.74, 6) is -0.0855. The molecule has 1 aromatic rings. The maximum absolute atomic E-state index is 12.0. The van der Waals surface area contributed by atoms with E-state index in [0.29, 0.717) is 5.69 Å². The number of nitrogens with zero attached hydrogens (tertiary/aromatic N) is 1. The lowest BCUT2D eigenvalue weighted by atomic mass is 10.2. The van der Waals surface area contributed by atoms with Crippen LogP contribution in [0.1, 0.15) is 32.1 Å². The van der Waals surface area contributed by atoms with Gasteiger partial charge in [-0.2, -0.15) is 0 Å². The molecular weight excluding hydrogens is 368 g/mol. The zero-order valence-corrected chi connectivity index (χ0v) is 15.0. The smallest absolute Gasteiger partial charge is 0.232 e. The average molecular weight is 389 g/mol. The highest BCUT2D eigenvalue weighted by molar-refractivity contribution is 9.10. The summed E-state index contributed by atoms with van der Waals surface area (Å²) in [5.41, 5.74) is 0.569. The highest BCUT2D eigenvalue weighted by Gasteiger charge is 2.21. The summed E-state index contributed by atoms with van der Waals surface area (Å²) < 4.78 is 26.1. The molecule has 5 nitrogen and oxygen atoms in total. The Morgan fingerprint density at radius 2 is 1.86 bits per heavy atom. The fraction of sp³-hybridized carbons (Fsp3) is 0.533. The van der Waals surface area contributed by atoms with Gasteiger partial charge >= 0.3 is 0 Å². The van der Waals surface area contributed by atoms with Crippen LogP contribution in [0.25, 0.3) is 0 Å². The number of halogens is 1. The molecule has 0 atom stereocenters. The second kappa shape index (κ2) is 7.46. The van der Waals surface area contributed by atoms with Crippen molar-refractivity contribution in [2.24, 2.45) is 0 Å². The number of hydrogen-bond acceptors (Lipinski definition) is 3. The predicted molar refractivity (Wildman–Crippen MR) is 91.3 cm³/mol. The minimum Gasteiger partial charge on any atom is -0.353 e. The first-order chi connectivity index (χ1) is 10.4. The molecule has 1 N–H and O–H groups in total. The van der Waals surface area contributed by atoms with Crippen molar-refractivity contribution in [2.45, 2.75) is 38.1 Å². The maximum Gasteiger partial charge on any atom is 0.232 e. The molecule has 1 aromatic carbocycles. The number of carbonyl (C=O) groups is 1. The van der Waals surface area contributed by atoms with Crippen molar-refractivity contribution in [3.05, 3.63) is 28.7 Å². The minimum absolute atomic E-state index is 0.0855. The van der Waals surface area contributed by atoms with Gasteiger partial charge in [-0.15, -0.1) is 0 Å². The molecular formula is C15H21BrN2O3S. The largest absolute Gasteiger partial charge is 0.353 e. The quantitative estimate of drug-likeness (QED) is 0.814. The van der Waals surface area contributed by atoms with E-state index in [1.807, 2.05) is 0 Å². The lowest BCUT2D eigenvalue weighted by Gasteiger charge is -2.22. The third-order valence-electron chi connectivity index (χ3n) is 3.78. The van der Waals surface area contributed by atoms with E-state index in [1.54, 1.807) is 24.3 Å². The van der Waals surface area contributed by atoms with Gasteiger partial charge in [-0.05, 0) is 37.1 Å². The molecule has 1 amide bonds. The Morgan fingerprint density at radius 1 is 1.27 bits per heavy atom. The predicted octanol–water partition coefficient (Wildman–Crippen LogP) is 2.66. The van der Waals surface area contributed by atoms with Gasteiger partial charge in [-0.25, -0.2) is 8.42 Å². The van der Waals surface area contributed by atoms with Crippen LogP contribution in [0.15, 0.2) is 28.7 Å². The molecule has 1 aliphatic rings. The van der Waals surface area contributed by atoms with Crippen LogP contribution in [0.3, 0.4) is 0 Å². The molecule has 0 unspecified atom stereocenters. The number of nitrogens with one attached hydrogen (secondary N) is 1. The number of hydrogen-bond donors (Lipinski definition) is 1. The third kappa shape index (κ3) is 4.98. The van der Waals surface area contributed by atoms with Crippen LogP contribution in [0.5, 0.6) is 0 Å². The van der Waals surface area contributed by atoms with E-state index < -0.39 is 10.0 Å². The van der Waals surface area contributed by atoms with Crippen molar-refractivity contribution < 1.29 is 13.2 Å². The Morgan fingerprint density at radius 3 is 2.41 bits per heavy atom. The van der Waals surface area contributed by atoms with Crippen molar-refractivity contribution in [1.82, 2.24) is 5.32 Å². The average Bonchev–Trinajstić information content (AvgIpc) is 2.92. The van der Waals surface area contributed by atoms with Crippen molar-refractivity contribution in [3.63, 3.8) is 0 Å². The first-order valence-electron chi connectivity index (χ1n) is 7.39. The molecule has 1 saturated carbocycles. The molecule has 122 valence electrons. The van der Waals surface area contributed by atoms with Gasteiger partial charge < -0.3 is 5.32 Å². The zero-order valence-electron chi connectivity index (χ0n) is 12.6. The van der Waals surface area contributed by atoms with Crippen molar-refractivity contribution in [2.75, 3.05) is 17.1 Å². The molecule has 2 rings (SSSR count). The number of anilines is 1. The van der Waals surface area contributed by atoms with Gasteiger partial charge in [-0.3, -0.25) is 9.10 Å². The molecule has 0 heterocycles. The third-order valence-corrected chi connectivity index (χ3v) is 5.50. The number of amides is 1. The van der Waals surface area contributed by atoms with Gasteiger partial charge in [0.1, 0.15) is 0 Å². The van der Waals surface area contributed by atoms with Gasteiger partial charge in [0.05, 0.1) is 11.9 Å². The van der Waals surface area contributed by atoms with E-state index >= 15 is 0 Å². The Labute approximate surface area is 140 Å². The van der Waals surface area contributed by atoms with Crippen molar-refractivity contribution >= 4 is 37.5 Å². The van der Waals surface area contributed by atoms with Crippen LogP contribution in [0, 0.1) is 0 Å². The minimum atomic E-state index is -3.42. The van der Waals surface area contributed by atoms with Gasteiger partial charge in [0.2, 0.25) is 15.9 Å². The van der Waals surface area contributed by atoms with Crippen LogP contribution in [-0.2, 0) is 14.8 Å². The van der Waals surface area contributed by atoms with Crippen molar-refractivity contribution in [3.8, 4) is 0 Å². The topological polar surface area (TPSA) is 66.5 Å². The zero-order chi connectivity index (χ0) is 16.2. The molecule has 1 fully saturated rings. The standard InChI is InChI=1S/C15H21BrN2O3S/c1-22(20,21)18(14-8-6-12(16)7-9-14)11-10-15(19)17-13-4-2-3-5-13/h6-9,13H,2-5,10-11H2,1H3,(H,17,19). The highest BCUT2D eigenvalue weighted by Crippen LogP contribution is 2.21. The lowest BCUT2D eigenvalue weighted by molar-refractivity contribution is -0.121. The monoisotopic (exact) mass is 388 g/mol. The van der Waals surface area contributed by atoms with Crippen LogP contribution < -0.4 is 9.62 Å². The molecule has 0 radical (unpaired) electrons. The SMILES string of the molecule is CS(=O)(=O)N(CCC(=O)NC1CCCC1)c1ccc(Br)cc1. The number of benzene rings is 1. The molecule has 0 aliphatic heterocycles. The summed E-state index contributed by atoms with van der Waals surface area (Å²) in [7, 11) is -3.42. The Bertz CT molecular complexity index is 610. The molecule has 22 heavy (non-hydrogen) atoms. The van der Waals surface area contributed by atoms with Crippen LogP contribution in [-0.4, -0.2) is 33.2 Å². The summed E-state index contributed by atoms with van der Waals surface area (Å²) in [5, 5.41) is 2.98. The van der Waals surface area contributed by atoms with Gasteiger partial charge in [0, 0.05) is 23.5 Å². The van der Waals surface area contributed by atoms with Crippen LogP contribution >= 0.6 is 15.9 Å². The van der Waals surface area contributed by atoms with E-state index in [-0.39, 0.29) is 24.9 Å².